The zero-order chi connectivity index (χ0) is 11.9. The van der Waals surface area contributed by atoms with E-state index in [1.165, 1.54) is 0 Å². The van der Waals surface area contributed by atoms with Gasteiger partial charge in [-0.15, -0.1) is 0 Å². The van der Waals surface area contributed by atoms with Crippen molar-refractivity contribution in [2.75, 3.05) is 33.0 Å². The highest BCUT2D eigenvalue weighted by Crippen LogP contribution is 2.17. The molecule has 4 heteroatoms. The van der Waals surface area contributed by atoms with E-state index in [2.05, 4.69) is 6.92 Å². The molecule has 0 aromatic carbocycles. The first-order chi connectivity index (χ1) is 8.38. The summed E-state index contributed by atoms with van der Waals surface area (Å²) in [6, 6.07) is 0. The second kappa shape index (κ2) is 7.31. The van der Waals surface area contributed by atoms with E-state index >= 15 is 0 Å². The number of hydrogen-bond acceptors (Lipinski definition) is 4. The van der Waals surface area contributed by atoms with Crippen molar-refractivity contribution in [3.63, 3.8) is 0 Å². The van der Waals surface area contributed by atoms with Gasteiger partial charge in [-0.3, -0.25) is 0 Å². The predicted molar refractivity (Wildman–Crippen MR) is 64.2 cm³/mol. The van der Waals surface area contributed by atoms with Crippen molar-refractivity contribution < 1.29 is 18.9 Å². The van der Waals surface area contributed by atoms with Gasteiger partial charge in [-0.2, -0.15) is 0 Å². The molecule has 0 bridgehead atoms. The highest BCUT2D eigenvalue weighted by molar-refractivity contribution is 4.69. The summed E-state index contributed by atoms with van der Waals surface area (Å²) < 4.78 is 22.5. The van der Waals surface area contributed by atoms with Gasteiger partial charge in [0.1, 0.15) is 0 Å². The molecule has 0 aromatic rings. The van der Waals surface area contributed by atoms with Crippen LogP contribution in [0.5, 0.6) is 0 Å². The molecule has 100 valence electrons. The molecule has 4 nitrogen and oxygen atoms in total. The molecular formula is C13H24O4. The molecule has 17 heavy (non-hydrogen) atoms. The van der Waals surface area contributed by atoms with Crippen molar-refractivity contribution in [2.45, 2.75) is 50.9 Å². The minimum absolute atomic E-state index is 0.276. The van der Waals surface area contributed by atoms with Gasteiger partial charge in [0.05, 0.1) is 51.3 Å². The van der Waals surface area contributed by atoms with Gasteiger partial charge >= 0.3 is 0 Å². The van der Waals surface area contributed by atoms with E-state index < -0.39 is 0 Å². The Morgan fingerprint density at radius 3 is 2.41 bits per heavy atom. The van der Waals surface area contributed by atoms with Gasteiger partial charge < -0.3 is 18.9 Å². The lowest BCUT2D eigenvalue weighted by Gasteiger charge is -2.30. The Morgan fingerprint density at radius 2 is 1.65 bits per heavy atom. The molecule has 2 heterocycles. The smallest absolute Gasteiger partial charge is 0.0813 e. The highest BCUT2D eigenvalue weighted by atomic mass is 16.6. The average molecular weight is 244 g/mol. The molecule has 2 rings (SSSR count). The molecule has 3 atom stereocenters. The summed E-state index contributed by atoms with van der Waals surface area (Å²) in [6.45, 7) is 5.88. The molecular weight excluding hydrogens is 220 g/mol. The summed E-state index contributed by atoms with van der Waals surface area (Å²) >= 11 is 0. The fourth-order valence-electron chi connectivity index (χ4n) is 2.32. The Morgan fingerprint density at radius 1 is 0.882 bits per heavy atom. The van der Waals surface area contributed by atoms with Gasteiger partial charge in [-0.25, -0.2) is 0 Å². The van der Waals surface area contributed by atoms with Crippen LogP contribution in [0, 0.1) is 0 Å². The summed E-state index contributed by atoms with van der Waals surface area (Å²) in [5.74, 6) is 0. The maximum absolute atomic E-state index is 5.93. The Bertz CT molecular complexity index is 204. The molecule has 0 saturated carbocycles. The fraction of sp³-hybridized carbons (Fsp3) is 1.00. The SMILES string of the molecule is CC[C@@H]1COCC(CCC[C@H]2COCCO2)O1. The molecule has 1 unspecified atom stereocenters. The first kappa shape index (κ1) is 13.3. The minimum atomic E-state index is 0.276. The van der Waals surface area contributed by atoms with Crippen LogP contribution >= 0.6 is 0 Å². The first-order valence-corrected chi connectivity index (χ1v) is 6.81. The lowest BCUT2D eigenvalue weighted by Crippen LogP contribution is -2.36. The van der Waals surface area contributed by atoms with Crippen LogP contribution in [-0.4, -0.2) is 51.3 Å². The predicted octanol–water partition coefficient (Wildman–Crippen LogP) is 1.77. The van der Waals surface area contributed by atoms with Crippen molar-refractivity contribution in [1.29, 1.82) is 0 Å². The lowest BCUT2D eigenvalue weighted by atomic mass is 10.1. The van der Waals surface area contributed by atoms with Crippen molar-refractivity contribution in [3.8, 4) is 0 Å². The number of rotatable bonds is 5. The molecule has 2 fully saturated rings. The quantitative estimate of drug-likeness (QED) is 0.738. The maximum Gasteiger partial charge on any atom is 0.0813 e. The van der Waals surface area contributed by atoms with E-state index in [0.29, 0.717) is 6.10 Å². The molecule has 0 amide bonds. The highest BCUT2D eigenvalue weighted by Gasteiger charge is 2.22. The van der Waals surface area contributed by atoms with Gasteiger partial charge in [0.15, 0.2) is 0 Å². The van der Waals surface area contributed by atoms with Gasteiger partial charge in [0.2, 0.25) is 0 Å². The molecule has 2 aliphatic heterocycles. The van der Waals surface area contributed by atoms with Crippen molar-refractivity contribution in [2.24, 2.45) is 0 Å². The molecule has 0 spiro atoms. The zero-order valence-electron chi connectivity index (χ0n) is 10.7. The van der Waals surface area contributed by atoms with Crippen LogP contribution in [0.4, 0.5) is 0 Å². The summed E-state index contributed by atoms with van der Waals surface area (Å²) in [6.07, 6.45) is 5.15. The molecule has 0 aromatic heterocycles. The first-order valence-electron chi connectivity index (χ1n) is 6.81. The zero-order valence-corrected chi connectivity index (χ0v) is 10.7. The fourth-order valence-corrected chi connectivity index (χ4v) is 2.32. The van der Waals surface area contributed by atoms with Crippen LogP contribution in [-0.2, 0) is 18.9 Å². The second-order valence-electron chi connectivity index (χ2n) is 4.82. The molecule has 0 radical (unpaired) electrons. The minimum Gasteiger partial charge on any atom is -0.376 e. The summed E-state index contributed by atoms with van der Waals surface area (Å²) in [5, 5.41) is 0. The maximum atomic E-state index is 5.93. The summed E-state index contributed by atoms with van der Waals surface area (Å²) in [5.41, 5.74) is 0. The standard InChI is InChI=1S/C13H24O4/c1-2-11-8-15-10-13(17-11)5-3-4-12-9-14-6-7-16-12/h11-13H,2-10H2,1H3/t11-,12+,13?/m1/s1. The summed E-state index contributed by atoms with van der Waals surface area (Å²) in [4.78, 5) is 0. The largest absolute Gasteiger partial charge is 0.376 e. The van der Waals surface area contributed by atoms with Crippen LogP contribution in [0.2, 0.25) is 0 Å². The Balaban J connectivity index is 1.57. The molecule has 0 N–H and O–H groups in total. The van der Waals surface area contributed by atoms with E-state index in [-0.39, 0.29) is 12.2 Å². The topological polar surface area (TPSA) is 36.9 Å². The molecule has 2 saturated heterocycles. The van der Waals surface area contributed by atoms with Gasteiger partial charge in [0, 0.05) is 0 Å². The second-order valence-corrected chi connectivity index (χ2v) is 4.82. The van der Waals surface area contributed by atoms with Gasteiger partial charge in [0.25, 0.3) is 0 Å². The molecule has 0 aliphatic carbocycles. The van der Waals surface area contributed by atoms with Crippen LogP contribution < -0.4 is 0 Å². The Kier molecular flexibility index (Phi) is 5.71. The van der Waals surface area contributed by atoms with Crippen molar-refractivity contribution in [3.05, 3.63) is 0 Å². The van der Waals surface area contributed by atoms with Crippen molar-refractivity contribution >= 4 is 0 Å². The van der Waals surface area contributed by atoms with Crippen LogP contribution in [0.3, 0.4) is 0 Å². The van der Waals surface area contributed by atoms with E-state index in [1.54, 1.807) is 0 Å². The number of ether oxygens (including phenoxy) is 4. The normalized spacial score (nSPS) is 34.8. The third-order valence-corrected chi connectivity index (χ3v) is 3.38. The summed E-state index contributed by atoms with van der Waals surface area (Å²) in [7, 11) is 0. The number of hydrogen-bond donors (Lipinski definition) is 0. The Hall–Kier alpha value is -0.160. The van der Waals surface area contributed by atoms with E-state index in [4.69, 9.17) is 18.9 Å². The molecule has 2 aliphatic rings. The van der Waals surface area contributed by atoms with E-state index in [1.807, 2.05) is 0 Å². The van der Waals surface area contributed by atoms with Crippen LogP contribution in [0.15, 0.2) is 0 Å². The van der Waals surface area contributed by atoms with Gasteiger partial charge in [-0.05, 0) is 25.7 Å². The third-order valence-electron chi connectivity index (χ3n) is 3.38. The average Bonchev–Trinajstić information content (AvgIpc) is 2.40. The van der Waals surface area contributed by atoms with Crippen LogP contribution in [0.25, 0.3) is 0 Å². The Labute approximate surface area is 104 Å². The monoisotopic (exact) mass is 244 g/mol. The van der Waals surface area contributed by atoms with E-state index in [9.17, 15) is 0 Å². The van der Waals surface area contributed by atoms with Crippen molar-refractivity contribution in [1.82, 2.24) is 0 Å². The lowest BCUT2D eigenvalue weighted by molar-refractivity contribution is -0.142. The van der Waals surface area contributed by atoms with E-state index in [0.717, 1.165) is 58.7 Å². The van der Waals surface area contributed by atoms with Gasteiger partial charge in [-0.1, -0.05) is 6.92 Å². The van der Waals surface area contributed by atoms with Crippen LogP contribution in [0.1, 0.15) is 32.6 Å². The third kappa shape index (κ3) is 4.54.